The molecule has 1 fully saturated rings. The first-order valence-electron chi connectivity index (χ1n) is 4.28. The molecular formula is C7H14ClNO3S. The number of alkyl halides is 1. The van der Waals surface area contributed by atoms with Crippen LogP contribution in [0.4, 0.5) is 0 Å². The lowest BCUT2D eigenvalue weighted by Crippen LogP contribution is -2.39. The lowest BCUT2D eigenvalue weighted by atomic mass is 10.2. The van der Waals surface area contributed by atoms with Crippen molar-refractivity contribution in [1.82, 2.24) is 4.31 Å². The molecule has 1 aliphatic heterocycles. The smallest absolute Gasteiger partial charge is 0.215 e. The molecule has 78 valence electrons. The van der Waals surface area contributed by atoms with Gasteiger partial charge in [0.1, 0.15) is 0 Å². The summed E-state index contributed by atoms with van der Waals surface area (Å²) < 4.78 is 24.4. The lowest BCUT2D eigenvalue weighted by Gasteiger charge is -2.21. The molecular weight excluding hydrogens is 214 g/mol. The van der Waals surface area contributed by atoms with Crippen molar-refractivity contribution in [3.8, 4) is 0 Å². The van der Waals surface area contributed by atoms with Gasteiger partial charge in [-0.3, -0.25) is 0 Å². The number of hydrogen-bond acceptors (Lipinski definition) is 3. The maximum atomic E-state index is 11.5. The van der Waals surface area contributed by atoms with Crippen molar-refractivity contribution in [2.24, 2.45) is 0 Å². The molecule has 0 aromatic rings. The molecule has 13 heavy (non-hydrogen) atoms. The number of aliphatic hydroxyl groups is 1. The Morgan fingerprint density at radius 1 is 1.54 bits per heavy atom. The third kappa shape index (κ3) is 2.56. The standard InChI is InChI=1S/C7H14ClNO3S/c8-3-5-13(11,12)9-4-1-2-7(9)6-10/h7,10H,1-6H2. The van der Waals surface area contributed by atoms with Crippen LogP contribution in [0.15, 0.2) is 0 Å². The van der Waals surface area contributed by atoms with Crippen LogP contribution in [0.25, 0.3) is 0 Å². The van der Waals surface area contributed by atoms with Crippen LogP contribution >= 0.6 is 11.6 Å². The van der Waals surface area contributed by atoms with Gasteiger partial charge in [-0.25, -0.2) is 8.42 Å². The van der Waals surface area contributed by atoms with Crippen LogP contribution in [0.1, 0.15) is 12.8 Å². The summed E-state index contributed by atoms with van der Waals surface area (Å²) in [5.41, 5.74) is 0. The van der Waals surface area contributed by atoms with Crippen molar-refractivity contribution in [1.29, 1.82) is 0 Å². The average Bonchev–Trinajstić information content (AvgIpc) is 2.51. The van der Waals surface area contributed by atoms with Gasteiger partial charge in [-0.05, 0) is 12.8 Å². The molecule has 0 bridgehead atoms. The van der Waals surface area contributed by atoms with Gasteiger partial charge >= 0.3 is 0 Å². The summed E-state index contributed by atoms with van der Waals surface area (Å²) in [6.45, 7) is 0.423. The van der Waals surface area contributed by atoms with E-state index in [1.54, 1.807) is 0 Å². The van der Waals surface area contributed by atoms with Gasteiger partial charge in [-0.15, -0.1) is 11.6 Å². The Labute approximate surface area is 83.5 Å². The molecule has 0 radical (unpaired) electrons. The summed E-state index contributed by atoms with van der Waals surface area (Å²) in [6.07, 6.45) is 1.57. The minimum atomic E-state index is -3.23. The zero-order valence-electron chi connectivity index (χ0n) is 7.32. The van der Waals surface area contributed by atoms with Crippen LogP contribution in [0.3, 0.4) is 0 Å². The van der Waals surface area contributed by atoms with Gasteiger partial charge in [0.25, 0.3) is 0 Å². The fourth-order valence-electron chi connectivity index (χ4n) is 1.57. The summed E-state index contributed by atoms with van der Waals surface area (Å²) in [6, 6.07) is -0.229. The number of rotatable bonds is 4. The minimum absolute atomic E-state index is 0.0367. The van der Waals surface area contributed by atoms with E-state index in [4.69, 9.17) is 16.7 Å². The SMILES string of the molecule is O=S(=O)(CCCl)N1CCCC1CO. The summed E-state index contributed by atoms with van der Waals surface area (Å²) >= 11 is 5.39. The Kier molecular flexibility index (Phi) is 3.97. The maximum absolute atomic E-state index is 11.5. The molecule has 0 spiro atoms. The molecule has 0 amide bonds. The van der Waals surface area contributed by atoms with E-state index in [1.807, 2.05) is 0 Å². The molecule has 0 aromatic heterocycles. The lowest BCUT2D eigenvalue weighted by molar-refractivity contribution is 0.213. The zero-order valence-corrected chi connectivity index (χ0v) is 8.89. The second kappa shape index (κ2) is 4.59. The van der Waals surface area contributed by atoms with Crippen molar-refractivity contribution >= 4 is 21.6 Å². The third-order valence-corrected chi connectivity index (χ3v) is 4.55. The van der Waals surface area contributed by atoms with E-state index >= 15 is 0 Å². The average molecular weight is 228 g/mol. The second-order valence-electron chi connectivity index (χ2n) is 3.09. The van der Waals surface area contributed by atoms with Crippen molar-refractivity contribution in [2.75, 3.05) is 24.8 Å². The Hall–Kier alpha value is 0.160. The fraction of sp³-hybridized carbons (Fsp3) is 1.00. The highest BCUT2D eigenvalue weighted by Crippen LogP contribution is 2.20. The summed E-state index contributed by atoms with van der Waals surface area (Å²) in [5, 5.41) is 8.93. The van der Waals surface area contributed by atoms with Crippen LogP contribution in [-0.2, 0) is 10.0 Å². The largest absolute Gasteiger partial charge is 0.395 e. The first kappa shape index (κ1) is 11.2. The van der Waals surface area contributed by atoms with E-state index in [9.17, 15) is 8.42 Å². The normalized spacial score (nSPS) is 25.2. The number of hydrogen-bond donors (Lipinski definition) is 1. The molecule has 0 saturated carbocycles. The van der Waals surface area contributed by atoms with Gasteiger partial charge in [0.2, 0.25) is 10.0 Å². The predicted octanol–water partition coefficient (Wildman–Crippen LogP) is 0.0117. The van der Waals surface area contributed by atoms with Gasteiger partial charge in [0.15, 0.2) is 0 Å². The zero-order chi connectivity index (χ0) is 9.90. The molecule has 1 atom stereocenters. The Morgan fingerprint density at radius 2 is 2.23 bits per heavy atom. The number of sulfonamides is 1. The highest BCUT2D eigenvalue weighted by molar-refractivity contribution is 7.89. The Balaban J connectivity index is 2.69. The summed E-state index contributed by atoms with van der Waals surface area (Å²) in [4.78, 5) is 0. The predicted molar refractivity (Wildman–Crippen MR) is 51.3 cm³/mol. The van der Waals surface area contributed by atoms with Crippen LogP contribution in [-0.4, -0.2) is 48.7 Å². The Morgan fingerprint density at radius 3 is 2.77 bits per heavy atom. The van der Waals surface area contributed by atoms with Gasteiger partial charge in [-0.1, -0.05) is 0 Å². The van der Waals surface area contributed by atoms with Crippen LogP contribution in [0.5, 0.6) is 0 Å². The van der Waals surface area contributed by atoms with Crippen LogP contribution < -0.4 is 0 Å². The molecule has 1 unspecified atom stereocenters. The Bertz CT molecular complexity index is 254. The molecule has 6 heteroatoms. The van der Waals surface area contributed by atoms with E-state index in [1.165, 1.54) is 4.31 Å². The monoisotopic (exact) mass is 227 g/mol. The number of nitrogens with zero attached hydrogens (tertiary/aromatic N) is 1. The first-order chi connectivity index (χ1) is 6.11. The van der Waals surface area contributed by atoms with Crippen molar-refractivity contribution in [3.63, 3.8) is 0 Å². The highest BCUT2D eigenvalue weighted by atomic mass is 35.5. The topological polar surface area (TPSA) is 57.6 Å². The molecule has 0 aliphatic carbocycles. The van der Waals surface area contributed by atoms with Crippen LogP contribution in [0, 0.1) is 0 Å². The van der Waals surface area contributed by atoms with Crippen molar-refractivity contribution in [2.45, 2.75) is 18.9 Å². The van der Waals surface area contributed by atoms with Gasteiger partial charge in [-0.2, -0.15) is 4.31 Å². The molecule has 1 heterocycles. The highest BCUT2D eigenvalue weighted by Gasteiger charge is 2.32. The van der Waals surface area contributed by atoms with E-state index in [0.29, 0.717) is 6.54 Å². The number of aliphatic hydroxyl groups excluding tert-OH is 1. The second-order valence-corrected chi connectivity index (χ2v) is 5.51. The molecule has 4 nitrogen and oxygen atoms in total. The molecule has 0 aromatic carbocycles. The van der Waals surface area contributed by atoms with Crippen LogP contribution in [0.2, 0.25) is 0 Å². The summed E-state index contributed by atoms with van der Waals surface area (Å²) in [7, 11) is -3.23. The molecule has 1 N–H and O–H groups in total. The van der Waals surface area contributed by atoms with E-state index < -0.39 is 10.0 Å². The maximum Gasteiger partial charge on any atom is 0.215 e. The fourth-order valence-corrected chi connectivity index (χ4v) is 3.62. The van der Waals surface area contributed by atoms with Gasteiger partial charge < -0.3 is 5.11 Å². The van der Waals surface area contributed by atoms with E-state index in [0.717, 1.165) is 12.8 Å². The minimum Gasteiger partial charge on any atom is -0.395 e. The molecule has 1 aliphatic rings. The summed E-state index contributed by atoms with van der Waals surface area (Å²) in [5.74, 6) is 0.0715. The first-order valence-corrected chi connectivity index (χ1v) is 6.42. The van der Waals surface area contributed by atoms with E-state index in [-0.39, 0.29) is 24.3 Å². The van der Waals surface area contributed by atoms with Gasteiger partial charge in [0, 0.05) is 18.5 Å². The quantitative estimate of drug-likeness (QED) is 0.689. The van der Waals surface area contributed by atoms with Crippen molar-refractivity contribution < 1.29 is 13.5 Å². The van der Waals surface area contributed by atoms with E-state index in [2.05, 4.69) is 0 Å². The van der Waals surface area contributed by atoms with Crippen molar-refractivity contribution in [3.05, 3.63) is 0 Å². The number of halogens is 1. The van der Waals surface area contributed by atoms with Gasteiger partial charge in [0.05, 0.1) is 12.4 Å². The third-order valence-electron chi connectivity index (χ3n) is 2.23. The molecule has 1 rings (SSSR count). The molecule has 1 saturated heterocycles.